The van der Waals surface area contributed by atoms with E-state index in [4.69, 9.17) is 0 Å². The first-order valence-electron chi connectivity index (χ1n) is 6.35. The summed E-state index contributed by atoms with van der Waals surface area (Å²) in [5.74, 6) is -0.518. The maximum atomic E-state index is 11.8. The molecule has 0 aromatic carbocycles. The SMILES string of the molecule is CCCCNC(=O)C(C)Sc1nnnn1CC(=O)OC. The number of hydrogen-bond donors (Lipinski definition) is 1. The number of ether oxygens (including phenoxy) is 1. The Balaban J connectivity index is 2.53. The highest BCUT2D eigenvalue weighted by Gasteiger charge is 2.19. The zero-order chi connectivity index (χ0) is 15.0. The van der Waals surface area contributed by atoms with Gasteiger partial charge in [-0.25, -0.2) is 4.68 Å². The second kappa shape index (κ2) is 8.51. The molecule has 1 unspecified atom stereocenters. The van der Waals surface area contributed by atoms with Crippen molar-refractivity contribution in [3.63, 3.8) is 0 Å². The average Bonchev–Trinajstić information content (AvgIpc) is 2.85. The lowest BCUT2D eigenvalue weighted by atomic mass is 10.3. The largest absolute Gasteiger partial charge is 0.468 e. The Hall–Kier alpha value is -1.64. The molecular weight excluding hydrogens is 282 g/mol. The molecule has 1 heterocycles. The summed E-state index contributed by atoms with van der Waals surface area (Å²) in [5.41, 5.74) is 0. The molecule has 0 fully saturated rings. The molecule has 0 aliphatic rings. The van der Waals surface area contributed by atoms with Gasteiger partial charge >= 0.3 is 5.97 Å². The predicted octanol–water partition coefficient (Wildman–Crippen LogP) is 0.243. The lowest BCUT2D eigenvalue weighted by Gasteiger charge is -2.11. The fourth-order valence-corrected chi connectivity index (χ4v) is 2.12. The van der Waals surface area contributed by atoms with Crippen molar-refractivity contribution in [2.75, 3.05) is 13.7 Å². The van der Waals surface area contributed by atoms with Crippen molar-refractivity contribution in [2.45, 2.75) is 43.6 Å². The maximum absolute atomic E-state index is 11.8. The van der Waals surface area contributed by atoms with Gasteiger partial charge in [-0.1, -0.05) is 25.1 Å². The highest BCUT2D eigenvalue weighted by Crippen LogP contribution is 2.20. The van der Waals surface area contributed by atoms with Gasteiger partial charge in [-0.05, 0) is 23.8 Å². The van der Waals surface area contributed by atoms with Gasteiger partial charge in [0.15, 0.2) is 0 Å². The minimum absolute atomic E-state index is 0.0731. The number of carbonyl (C=O) groups excluding carboxylic acids is 2. The van der Waals surface area contributed by atoms with Gasteiger partial charge in [-0.15, -0.1) is 5.10 Å². The maximum Gasteiger partial charge on any atom is 0.327 e. The fourth-order valence-electron chi connectivity index (χ4n) is 1.31. The highest BCUT2D eigenvalue weighted by atomic mass is 32.2. The molecular formula is C11H19N5O3S. The number of unbranched alkanes of at least 4 members (excludes halogenated alkanes) is 1. The van der Waals surface area contributed by atoms with Crippen LogP contribution in [-0.2, 0) is 20.9 Å². The molecule has 0 aliphatic heterocycles. The van der Waals surface area contributed by atoms with Gasteiger partial charge in [0, 0.05) is 6.54 Å². The van der Waals surface area contributed by atoms with E-state index in [1.54, 1.807) is 6.92 Å². The number of hydrogen-bond acceptors (Lipinski definition) is 7. The van der Waals surface area contributed by atoms with Crippen LogP contribution in [0.1, 0.15) is 26.7 Å². The van der Waals surface area contributed by atoms with E-state index in [0.29, 0.717) is 11.7 Å². The number of rotatable bonds is 8. The van der Waals surface area contributed by atoms with Crippen LogP contribution in [-0.4, -0.2) is 51.0 Å². The van der Waals surface area contributed by atoms with Crippen LogP contribution in [0.3, 0.4) is 0 Å². The van der Waals surface area contributed by atoms with Crippen molar-refractivity contribution >= 4 is 23.6 Å². The standard InChI is InChI=1S/C11H19N5O3S/c1-4-5-6-12-10(18)8(2)20-11-13-14-15-16(11)7-9(17)19-3/h8H,4-7H2,1-3H3,(H,12,18). The second-order valence-corrected chi connectivity index (χ2v) is 5.41. The van der Waals surface area contributed by atoms with Gasteiger partial charge in [-0.2, -0.15) is 0 Å². The van der Waals surface area contributed by atoms with Crippen LogP contribution < -0.4 is 5.32 Å². The minimum Gasteiger partial charge on any atom is -0.468 e. The number of carbonyl (C=O) groups is 2. The van der Waals surface area contributed by atoms with E-state index in [1.165, 1.54) is 23.6 Å². The van der Waals surface area contributed by atoms with E-state index in [1.807, 2.05) is 0 Å². The Morgan fingerprint density at radius 1 is 1.50 bits per heavy atom. The molecule has 1 atom stereocenters. The van der Waals surface area contributed by atoms with E-state index >= 15 is 0 Å². The third kappa shape index (κ3) is 5.16. The van der Waals surface area contributed by atoms with Crippen LogP contribution >= 0.6 is 11.8 Å². The Kier molecular flexibility index (Phi) is 6.99. The number of amides is 1. The van der Waals surface area contributed by atoms with Crippen molar-refractivity contribution in [1.82, 2.24) is 25.5 Å². The van der Waals surface area contributed by atoms with Crippen LogP contribution in [0.15, 0.2) is 5.16 Å². The number of aromatic nitrogens is 4. The van der Waals surface area contributed by atoms with Gasteiger partial charge < -0.3 is 10.1 Å². The van der Waals surface area contributed by atoms with Crippen LogP contribution in [0.4, 0.5) is 0 Å². The molecule has 9 heteroatoms. The zero-order valence-electron chi connectivity index (χ0n) is 11.8. The Labute approximate surface area is 121 Å². The van der Waals surface area contributed by atoms with E-state index in [0.717, 1.165) is 12.8 Å². The summed E-state index contributed by atoms with van der Waals surface area (Å²) in [4.78, 5) is 23.0. The van der Waals surface area contributed by atoms with E-state index in [2.05, 4.69) is 32.5 Å². The van der Waals surface area contributed by atoms with Crippen LogP contribution in [0.5, 0.6) is 0 Å². The first kappa shape index (κ1) is 16.4. The molecule has 112 valence electrons. The van der Waals surface area contributed by atoms with E-state index in [-0.39, 0.29) is 17.7 Å². The molecule has 0 saturated heterocycles. The minimum atomic E-state index is -0.445. The van der Waals surface area contributed by atoms with Gasteiger partial charge in [0.2, 0.25) is 11.1 Å². The number of esters is 1. The normalized spacial score (nSPS) is 11.9. The highest BCUT2D eigenvalue weighted by molar-refractivity contribution is 8.00. The molecule has 1 N–H and O–H groups in total. The second-order valence-electron chi connectivity index (χ2n) is 4.10. The molecule has 1 rings (SSSR count). The summed E-state index contributed by atoms with van der Waals surface area (Å²) in [5, 5.41) is 13.9. The third-order valence-corrected chi connectivity index (χ3v) is 3.56. The van der Waals surface area contributed by atoms with Crippen molar-refractivity contribution in [3.8, 4) is 0 Å². The van der Waals surface area contributed by atoms with Crippen molar-refractivity contribution in [2.24, 2.45) is 0 Å². The molecule has 1 aromatic heterocycles. The number of thioether (sulfide) groups is 1. The van der Waals surface area contributed by atoms with Crippen molar-refractivity contribution in [1.29, 1.82) is 0 Å². The molecule has 1 aromatic rings. The van der Waals surface area contributed by atoms with Crippen molar-refractivity contribution < 1.29 is 14.3 Å². The summed E-state index contributed by atoms with van der Waals surface area (Å²) >= 11 is 1.20. The molecule has 0 spiro atoms. The Morgan fingerprint density at radius 2 is 2.25 bits per heavy atom. The molecule has 8 nitrogen and oxygen atoms in total. The predicted molar refractivity (Wildman–Crippen MR) is 73.1 cm³/mol. The molecule has 0 aliphatic carbocycles. The average molecular weight is 301 g/mol. The molecule has 1 amide bonds. The molecule has 20 heavy (non-hydrogen) atoms. The lowest BCUT2D eigenvalue weighted by Crippen LogP contribution is -2.31. The van der Waals surface area contributed by atoms with Crippen LogP contribution in [0, 0.1) is 0 Å². The monoisotopic (exact) mass is 301 g/mol. The zero-order valence-corrected chi connectivity index (χ0v) is 12.6. The lowest BCUT2D eigenvalue weighted by molar-refractivity contribution is -0.141. The number of nitrogens with zero attached hydrogens (tertiary/aromatic N) is 4. The smallest absolute Gasteiger partial charge is 0.327 e. The Bertz CT molecular complexity index is 451. The third-order valence-electron chi connectivity index (χ3n) is 2.49. The first-order chi connectivity index (χ1) is 9.58. The van der Waals surface area contributed by atoms with Crippen LogP contribution in [0.2, 0.25) is 0 Å². The molecule has 0 saturated carbocycles. The first-order valence-corrected chi connectivity index (χ1v) is 7.23. The Morgan fingerprint density at radius 3 is 2.90 bits per heavy atom. The van der Waals surface area contributed by atoms with Gasteiger partial charge in [-0.3, -0.25) is 9.59 Å². The summed E-state index contributed by atoms with van der Waals surface area (Å²) in [6.07, 6.45) is 1.97. The molecule has 0 bridgehead atoms. The van der Waals surface area contributed by atoms with E-state index in [9.17, 15) is 9.59 Å². The van der Waals surface area contributed by atoms with Crippen LogP contribution in [0.25, 0.3) is 0 Å². The molecule has 0 radical (unpaired) electrons. The van der Waals surface area contributed by atoms with Gasteiger partial charge in [0.1, 0.15) is 6.54 Å². The van der Waals surface area contributed by atoms with Crippen molar-refractivity contribution in [3.05, 3.63) is 0 Å². The fraction of sp³-hybridized carbons (Fsp3) is 0.727. The van der Waals surface area contributed by atoms with Gasteiger partial charge in [0.25, 0.3) is 0 Å². The number of tetrazole rings is 1. The van der Waals surface area contributed by atoms with E-state index < -0.39 is 5.97 Å². The quantitative estimate of drug-likeness (QED) is 0.417. The van der Waals surface area contributed by atoms with Gasteiger partial charge in [0.05, 0.1) is 12.4 Å². The summed E-state index contributed by atoms with van der Waals surface area (Å²) in [6, 6.07) is 0. The number of methoxy groups -OCH3 is 1. The number of nitrogens with one attached hydrogen (secondary N) is 1. The summed E-state index contributed by atoms with van der Waals surface area (Å²) in [7, 11) is 1.29. The summed E-state index contributed by atoms with van der Waals surface area (Å²) in [6.45, 7) is 4.41. The summed E-state index contributed by atoms with van der Waals surface area (Å²) < 4.78 is 5.86. The topological polar surface area (TPSA) is 99.0 Å².